The number of hydrogen-bond acceptors (Lipinski definition) is 2. The Hall–Kier alpha value is -0.660. The second kappa shape index (κ2) is 9.56. The van der Waals surface area contributed by atoms with Crippen molar-refractivity contribution in [2.24, 2.45) is 9.98 Å². The van der Waals surface area contributed by atoms with Crippen molar-refractivity contribution in [1.29, 1.82) is 0 Å². The number of amidine groups is 1. The summed E-state index contributed by atoms with van der Waals surface area (Å²) < 4.78 is 0. The van der Waals surface area contributed by atoms with Gasteiger partial charge in [0, 0.05) is 12.6 Å². The van der Waals surface area contributed by atoms with Crippen LogP contribution in [-0.2, 0) is 0 Å². The Balaban J connectivity index is 1.76. The van der Waals surface area contributed by atoms with Gasteiger partial charge in [-0.2, -0.15) is 0 Å². The number of unbranched alkanes of at least 4 members (excludes halogenated alkanes) is 8. The van der Waals surface area contributed by atoms with Crippen LogP contribution in [0.25, 0.3) is 0 Å². The van der Waals surface area contributed by atoms with Crippen LogP contribution in [0.15, 0.2) is 9.98 Å². The van der Waals surface area contributed by atoms with Crippen molar-refractivity contribution < 1.29 is 0 Å². The normalized spacial score (nSPS) is 14.4. The maximum absolute atomic E-state index is 4.30. The molecular formula is C14H26N2. The highest BCUT2D eigenvalue weighted by Gasteiger charge is 2.00. The molecule has 0 spiro atoms. The summed E-state index contributed by atoms with van der Waals surface area (Å²) >= 11 is 0. The molecule has 0 aromatic rings. The zero-order valence-corrected chi connectivity index (χ0v) is 10.7. The lowest BCUT2D eigenvalue weighted by Gasteiger charge is -2.01. The van der Waals surface area contributed by atoms with Crippen LogP contribution >= 0.6 is 0 Å². The molecule has 0 saturated heterocycles. The third-order valence-electron chi connectivity index (χ3n) is 3.10. The molecule has 0 aromatic carbocycles. The van der Waals surface area contributed by atoms with Crippen LogP contribution in [0.2, 0.25) is 0 Å². The van der Waals surface area contributed by atoms with Crippen LogP contribution < -0.4 is 0 Å². The third kappa shape index (κ3) is 6.76. The molecule has 0 aromatic heterocycles. The summed E-state index contributed by atoms with van der Waals surface area (Å²) in [6, 6.07) is 0. The molecule has 92 valence electrons. The van der Waals surface area contributed by atoms with Crippen LogP contribution in [0.5, 0.6) is 0 Å². The predicted molar refractivity (Wildman–Crippen MR) is 72.6 cm³/mol. The molecule has 1 heterocycles. The van der Waals surface area contributed by atoms with E-state index in [-0.39, 0.29) is 0 Å². The zero-order valence-electron chi connectivity index (χ0n) is 10.7. The highest BCUT2D eigenvalue weighted by molar-refractivity contribution is 5.94. The molecule has 0 bridgehead atoms. The highest BCUT2D eigenvalue weighted by Crippen LogP contribution is 2.11. The molecule has 1 aliphatic rings. The van der Waals surface area contributed by atoms with Crippen molar-refractivity contribution in [2.45, 2.75) is 71.1 Å². The number of nitrogens with zero attached hydrogens (tertiary/aromatic N) is 2. The van der Waals surface area contributed by atoms with E-state index in [0.717, 1.165) is 18.8 Å². The second-order valence-electron chi connectivity index (χ2n) is 4.65. The van der Waals surface area contributed by atoms with E-state index in [9.17, 15) is 0 Å². The molecule has 2 nitrogen and oxygen atoms in total. The molecule has 0 saturated carbocycles. The quantitative estimate of drug-likeness (QED) is 0.490. The number of hydrogen-bond donors (Lipinski definition) is 0. The van der Waals surface area contributed by atoms with E-state index in [2.05, 4.69) is 16.9 Å². The van der Waals surface area contributed by atoms with Crippen LogP contribution in [0.4, 0.5) is 0 Å². The van der Waals surface area contributed by atoms with Gasteiger partial charge in [0.2, 0.25) is 0 Å². The maximum Gasteiger partial charge on any atom is 0.123 e. The van der Waals surface area contributed by atoms with E-state index < -0.39 is 0 Å². The third-order valence-corrected chi connectivity index (χ3v) is 3.10. The van der Waals surface area contributed by atoms with Crippen LogP contribution in [0, 0.1) is 0 Å². The van der Waals surface area contributed by atoms with E-state index in [4.69, 9.17) is 0 Å². The Morgan fingerprint density at radius 3 is 2.12 bits per heavy atom. The number of rotatable bonds is 10. The Labute approximate surface area is 100 Å². The second-order valence-corrected chi connectivity index (χ2v) is 4.65. The van der Waals surface area contributed by atoms with Gasteiger partial charge in [-0.15, -0.1) is 0 Å². The Morgan fingerprint density at radius 2 is 1.56 bits per heavy atom. The Morgan fingerprint density at radius 1 is 0.938 bits per heavy atom. The molecule has 0 unspecified atom stereocenters. The summed E-state index contributed by atoms with van der Waals surface area (Å²) in [6.07, 6.45) is 15.5. The lowest BCUT2D eigenvalue weighted by atomic mass is 10.1. The van der Waals surface area contributed by atoms with E-state index in [1.54, 1.807) is 0 Å². The van der Waals surface area contributed by atoms with E-state index in [0.29, 0.717) is 0 Å². The molecule has 16 heavy (non-hydrogen) atoms. The summed E-state index contributed by atoms with van der Waals surface area (Å²) in [5.41, 5.74) is 0. The van der Waals surface area contributed by atoms with Gasteiger partial charge in [-0.25, -0.2) is 4.99 Å². The van der Waals surface area contributed by atoms with E-state index >= 15 is 0 Å². The molecule has 2 heteroatoms. The summed E-state index contributed by atoms with van der Waals surface area (Å²) in [4.78, 5) is 8.53. The monoisotopic (exact) mass is 222 g/mol. The van der Waals surface area contributed by atoms with Gasteiger partial charge in [0.25, 0.3) is 0 Å². The van der Waals surface area contributed by atoms with Crippen molar-refractivity contribution in [3.8, 4) is 0 Å². The minimum Gasteiger partial charge on any atom is -0.265 e. The predicted octanol–water partition coefficient (Wildman–Crippen LogP) is 4.39. The maximum atomic E-state index is 4.30. The highest BCUT2D eigenvalue weighted by atomic mass is 15.0. The first-order chi connectivity index (χ1) is 7.93. The fraction of sp³-hybridized carbons (Fsp3) is 0.857. The van der Waals surface area contributed by atoms with Crippen molar-refractivity contribution >= 4 is 12.1 Å². The summed E-state index contributed by atoms with van der Waals surface area (Å²) in [7, 11) is 0. The average Bonchev–Trinajstić information content (AvgIpc) is 2.80. The summed E-state index contributed by atoms with van der Waals surface area (Å²) in [6.45, 7) is 3.08. The first-order valence-corrected chi connectivity index (χ1v) is 6.99. The standard InChI is InChI=1S/C14H26N2/c1-2-3-4-5-6-7-8-9-10-11-14-15-12-13-16-14/h12H,2-11,13H2,1H3. The minimum atomic E-state index is 0.812. The average molecular weight is 222 g/mol. The number of aliphatic imine (C=N–C) groups is 2. The van der Waals surface area contributed by atoms with E-state index in [1.165, 1.54) is 57.8 Å². The van der Waals surface area contributed by atoms with Gasteiger partial charge in [-0.05, 0) is 6.42 Å². The first-order valence-electron chi connectivity index (χ1n) is 6.99. The molecule has 0 atom stereocenters. The molecule has 0 fully saturated rings. The van der Waals surface area contributed by atoms with Gasteiger partial charge in [0.15, 0.2) is 0 Å². The van der Waals surface area contributed by atoms with Gasteiger partial charge < -0.3 is 0 Å². The van der Waals surface area contributed by atoms with Crippen LogP contribution in [0.1, 0.15) is 71.1 Å². The molecule has 0 aliphatic carbocycles. The molecule has 0 radical (unpaired) electrons. The largest absolute Gasteiger partial charge is 0.265 e. The van der Waals surface area contributed by atoms with Crippen LogP contribution in [-0.4, -0.2) is 18.6 Å². The van der Waals surface area contributed by atoms with Crippen molar-refractivity contribution in [1.82, 2.24) is 0 Å². The van der Waals surface area contributed by atoms with Gasteiger partial charge in [0.05, 0.1) is 6.54 Å². The molecular weight excluding hydrogens is 196 g/mol. The smallest absolute Gasteiger partial charge is 0.123 e. The van der Waals surface area contributed by atoms with E-state index in [1.807, 2.05) is 6.21 Å². The molecule has 0 amide bonds. The molecule has 0 N–H and O–H groups in total. The molecule has 1 aliphatic heterocycles. The first kappa shape index (κ1) is 13.4. The van der Waals surface area contributed by atoms with Gasteiger partial charge in [-0.1, -0.05) is 58.3 Å². The minimum absolute atomic E-state index is 0.812. The molecule has 1 rings (SSSR count). The summed E-state index contributed by atoms with van der Waals surface area (Å²) in [5.74, 6) is 1.07. The fourth-order valence-corrected chi connectivity index (χ4v) is 2.07. The zero-order chi connectivity index (χ0) is 11.5. The topological polar surface area (TPSA) is 24.7 Å². The SMILES string of the molecule is CCCCCCCCCCCC1=NCC=N1. The Kier molecular flexibility index (Phi) is 8.01. The van der Waals surface area contributed by atoms with Gasteiger partial charge in [0.1, 0.15) is 5.84 Å². The van der Waals surface area contributed by atoms with Gasteiger partial charge >= 0.3 is 0 Å². The van der Waals surface area contributed by atoms with Crippen molar-refractivity contribution in [2.75, 3.05) is 6.54 Å². The lowest BCUT2D eigenvalue weighted by molar-refractivity contribution is 0.568. The van der Waals surface area contributed by atoms with Crippen molar-refractivity contribution in [3.63, 3.8) is 0 Å². The lowest BCUT2D eigenvalue weighted by Crippen LogP contribution is -1.90. The summed E-state index contributed by atoms with van der Waals surface area (Å²) in [5, 5.41) is 0. The van der Waals surface area contributed by atoms with Gasteiger partial charge in [-0.3, -0.25) is 4.99 Å². The fourth-order valence-electron chi connectivity index (χ4n) is 2.07. The van der Waals surface area contributed by atoms with Crippen molar-refractivity contribution in [3.05, 3.63) is 0 Å². The Bertz CT molecular complexity index is 219. The van der Waals surface area contributed by atoms with Crippen LogP contribution in [0.3, 0.4) is 0 Å².